The number of benzene rings is 1. The molecule has 1 aliphatic carbocycles. The summed E-state index contributed by atoms with van der Waals surface area (Å²) in [5.74, 6) is -1.87. The van der Waals surface area contributed by atoms with Crippen LogP contribution in [0, 0.1) is 17.2 Å². The Hall–Kier alpha value is -2.24. The van der Waals surface area contributed by atoms with Gasteiger partial charge in [-0.2, -0.15) is 0 Å². The summed E-state index contributed by atoms with van der Waals surface area (Å²) in [6, 6.07) is 3.16. The Bertz CT molecular complexity index is 838. The van der Waals surface area contributed by atoms with Gasteiger partial charge in [-0.25, -0.2) is 4.39 Å². The predicted octanol–water partition coefficient (Wildman–Crippen LogP) is 3.40. The first-order valence-electron chi connectivity index (χ1n) is 10.2. The number of rotatable bonds is 2. The topological polar surface area (TPSA) is 66.5 Å². The zero-order valence-corrected chi connectivity index (χ0v) is 16.5. The molecule has 0 aromatic heterocycles. The van der Waals surface area contributed by atoms with E-state index in [1.54, 1.807) is 11.0 Å². The quantitative estimate of drug-likeness (QED) is 0.626. The lowest BCUT2D eigenvalue weighted by atomic mass is 9.70. The van der Waals surface area contributed by atoms with Crippen LogP contribution in [0.15, 0.2) is 12.1 Å². The molecule has 150 valence electrons. The number of carbonyl (C=O) groups excluding carboxylic acids is 3. The number of hydrogen-bond acceptors (Lipinski definition) is 3. The Morgan fingerprint density at radius 2 is 1.86 bits per heavy atom. The van der Waals surface area contributed by atoms with Crippen molar-refractivity contribution >= 4 is 17.7 Å². The molecule has 5 nitrogen and oxygen atoms in total. The van der Waals surface area contributed by atoms with Crippen LogP contribution in [-0.4, -0.2) is 22.6 Å². The summed E-state index contributed by atoms with van der Waals surface area (Å²) in [6.45, 7) is 5.30. The van der Waals surface area contributed by atoms with Gasteiger partial charge in [0.1, 0.15) is 11.7 Å². The first kappa shape index (κ1) is 19.1. The molecule has 1 N–H and O–H groups in total. The number of hydrogen-bond donors (Lipinski definition) is 1. The number of fused-ring (bicyclic) bond motifs is 1. The first-order valence-corrected chi connectivity index (χ1v) is 10.2. The van der Waals surface area contributed by atoms with Gasteiger partial charge in [-0.05, 0) is 72.3 Å². The van der Waals surface area contributed by atoms with Gasteiger partial charge < -0.3 is 4.90 Å². The van der Waals surface area contributed by atoms with Crippen LogP contribution in [-0.2, 0) is 27.5 Å². The third kappa shape index (κ3) is 3.56. The number of halogens is 1. The summed E-state index contributed by atoms with van der Waals surface area (Å²) in [6.07, 6.45) is 4.72. The van der Waals surface area contributed by atoms with Crippen LogP contribution in [0.5, 0.6) is 0 Å². The van der Waals surface area contributed by atoms with Crippen molar-refractivity contribution in [2.75, 3.05) is 0 Å². The van der Waals surface area contributed by atoms with Gasteiger partial charge in [0.15, 0.2) is 0 Å². The van der Waals surface area contributed by atoms with Gasteiger partial charge in [0.05, 0.1) is 0 Å². The van der Waals surface area contributed by atoms with Crippen molar-refractivity contribution in [3.8, 4) is 0 Å². The number of amides is 3. The summed E-state index contributed by atoms with van der Waals surface area (Å²) in [5.41, 5.74) is 3.26. The monoisotopic (exact) mass is 386 g/mol. The summed E-state index contributed by atoms with van der Waals surface area (Å²) in [4.78, 5) is 38.0. The molecule has 4 rings (SSSR count). The van der Waals surface area contributed by atoms with Crippen molar-refractivity contribution in [1.29, 1.82) is 0 Å². The third-order valence-corrected chi connectivity index (χ3v) is 6.68. The van der Waals surface area contributed by atoms with E-state index < -0.39 is 11.8 Å². The van der Waals surface area contributed by atoms with Gasteiger partial charge in [0.25, 0.3) is 0 Å². The molecule has 3 aliphatic rings. The number of nitrogens with zero attached hydrogens (tertiary/aromatic N) is 1. The number of nitrogens with one attached hydrogen (secondary N) is 1. The first-order chi connectivity index (χ1) is 13.2. The molecule has 2 heterocycles. The Balaban J connectivity index is 1.54. The van der Waals surface area contributed by atoms with Crippen LogP contribution < -0.4 is 5.32 Å². The maximum absolute atomic E-state index is 14.3. The molecule has 0 spiro atoms. The second-order valence-corrected chi connectivity index (χ2v) is 9.27. The second kappa shape index (κ2) is 6.98. The van der Waals surface area contributed by atoms with E-state index in [0.717, 1.165) is 42.4 Å². The van der Waals surface area contributed by atoms with E-state index in [4.69, 9.17) is 0 Å². The minimum absolute atomic E-state index is 0.181. The van der Waals surface area contributed by atoms with Crippen LogP contribution >= 0.6 is 0 Å². The van der Waals surface area contributed by atoms with Gasteiger partial charge in [-0.3, -0.25) is 19.7 Å². The number of carbonyl (C=O) groups is 3. The fourth-order valence-corrected chi connectivity index (χ4v) is 4.88. The summed E-state index contributed by atoms with van der Waals surface area (Å²) < 4.78 is 14.3. The van der Waals surface area contributed by atoms with Gasteiger partial charge >= 0.3 is 0 Å². The average Bonchev–Trinajstić information content (AvgIpc) is 3.04. The molecule has 1 unspecified atom stereocenters. The lowest BCUT2D eigenvalue weighted by molar-refractivity contribution is -0.146. The fourth-order valence-electron chi connectivity index (χ4n) is 4.88. The van der Waals surface area contributed by atoms with E-state index in [2.05, 4.69) is 19.2 Å². The van der Waals surface area contributed by atoms with Crippen LogP contribution in [0.4, 0.5) is 4.39 Å². The van der Waals surface area contributed by atoms with Gasteiger partial charge in [-0.1, -0.05) is 13.8 Å². The highest BCUT2D eigenvalue weighted by molar-refractivity contribution is 6.08. The van der Waals surface area contributed by atoms with Gasteiger partial charge in [-0.15, -0.1) is 0 Å². The zero-order valence-electron chi connectivity index (χ0n) is 16.5. The molecule has 2 aliphatic heterocycles. The molecule has 1 saturated heterocycles. The summed E-state index contributed by atoms with van der Waals surface area (Å²) in [5, 5.41) is 2.25. The van der Waals surface area contributed by atoms with E-state index in [0.29, 0.717) is 24.4 Å². The SMILES string of the molecule is CC1(C)CCC(c2cc(F)cc3c2CN(C(=O)C2CCC(=O)NC2=O)C3)CC1. The predicted molar refractivity (Wildman–Crippen MR) is 102 cm³/mol. The standard InChI is InChI=1S/C22H27FN2O3/c1-22(2)7-5-13(6-8-22)17-10-15(23)9-14-11-25(12-18(14)17)21(28)16-3-4-19(26)24-20(16)27/h9-10,13,16H,3-8,11-12H2,1-2H3,(H,24,26,27). The highest BCUT2D eigenvalue weighted by atomic mass is 19.1. The van der Waals surface area contributed by atoms with E-state index in [1.165, 1.54) is 6.07 Å². The van der Waals surface area contributed by atoms with Gasteiger partial charge in [0, 0.05) is 19.5 Å². The average molecular weight is 386 g/mol. The highest BCUT2D eigenvalue weighted by Crippen LogP contribution is 2.45. The Labute approximate surface area is 164 Å². The summed E-state index contributed by atoms with van der Waals surface area (Å²) in [7, 11) is 0. The molecular formula is C22H27FN2O3. The van der Waals surface area contributed by atoms with Crippen LogP contribution in [0.3, 0.4) is 0 Å². The minimum Gasteiger partial charge on any atom is -0.333 e. The van der Waals surface area contributed by atoms with E-state index in [9.17, 15) is 18.8 Å². The van der Waals surface area contributed by atoms with E-state index >= 15 is 0 Å². The maximum atomic E-state index is 14.3. The van der Waals surface area contributed by atoms with E-state index in [1.807, 2.05) is 0 Å². The molecule has 1 atom stereocenters. The van der Waals surface area contributed by atoms with E-state index in [-0.39, 0.29) is 30.5 Å². The Kier molecular flexibility index (Phi) is 4.76. The van der Waals surface area contributed by atoms with Crippen LogP contribution in [0.1, 0.15) is 75.0 Å². The highest BCUT2D eigenvalue weighted by Gasteiger charge is 2.38. The van der Waals surface area contributed by atoms with Crippen molar-refractivity contribution in [2.24, 2.45) is 11.3 Å². The molecule has 0 bridgehead atoms. The maximum Gasteiger partial charge on any atom is 0.239 e. The number of imide groups is 1. The molecule has 6 heteroatoms. The molecular weight excluding hydrogens is 359 g/mol. The van der Waals surface area contributed by atoms with Crippen molar-refractivity contribution in [2.45, 2.75) is 71.4 Å². The lowest BCUT2D eigenvalue weighted by Gasteiger charge is -2.35. The molecule has 1 aromatic carbocycles. The zero-order chi connectivity index (χ0) is 20.1. The minimum atomic E-state index is -0.823. The Morgan fingerprint density at radius 3 is 2.54 bits per heavy atom. The van der Waals surface area contributed by atoms with Crippen LogP contribution in [0.25, 0.3) is 0 Å². The summed E-state index contributed by atoms with van der Waals surface area (Å²) >= 11 is 0. The van der Waals surface area contributed by atoms with Crippen molar-refractivity contribution in [3.63, 3.8) is 0 Å². The molecule has 28 heavy (non-hydrogen) atoms. The van der Waals surface area contributed by atoms with Crippen LogP contribution in [0.2, 0.25) is 0 Å². The molecule has 3 amide bonds. The fraction of sp³-hybridized carbons (Fsp3) is 0.591. The normalized spacial score (nSPS) is 24.8. The van der Waals surface area contributed by atoms with Crippen molar-refractivity contribution in [1.82, 2.24) is 10.2 Å². The molecule has 1 aromatic rings. The van der Waals surface area contributed by atoms with Gasteiger partial charge in [0.2, 0.25) is 17.7 Å². The Morgan fingerprint density at radius 1 is 1.14 bits per heavy atom. The number of piperidine rings is 1. The molecule has 1 saturated carbocycles. The lowest BCUT2D eigenvalue weighted by Crippen LogP contribution is -2.47. The second-order valence-electron chi connectivity index (χ2n) is 9.27. The smallest absolute Gasteiger partial charge is 0.239 e. The third-order valence-electron chi connectivity index (χ3n) is 6.68. The molecule has 0 radical (unpaired) electrons. The van der Waals surface area contributed by atoms with Crippen molar-refractivity contribution < 1.29 is 18.8 Å². The molecule has 2 fully saturated rings. The largest absolute Gasteiger partial charge is 0.333 e. The van der Waals surface area contributed by atoms with Crippen molar-refractivity contribution in [3.05, 3.63) is 34.6 Å².